The predicted molar refractivity (Wildman–Crippen MR) is 96.0 cm³/mol. The van der Waals surface area contributed by atoms with Gasteiger partial charge in [-0.2, -0.15) is 0 Å². The number of benzene rings is 1. The molecule has 3 amide bonds. The molecule has 0 radical (unpaired) electrons. The lowest BCUT2D eigenvalue weighted by molar-refractivity contribution is -0.117. The average Bonchev–Trinajstić information content (AvgIpc) is 2.60. The Morgan fingerprint density at radius 3 is 2.42 bits per heavy atom. The molecule has 0 aromatic heterocycles. The molecule has 0 spiro atoms. The smallest absolute Gasteiger partial charge is 0.317 e. The maximum absolute atomic E-state index is 12.1. The fourth-order valence-corrected chi connectivity index (χ4v) is 2.72. The van der Waals surface area contributed by atoms with Crippen LogP contribution in [0, 0.1) is 0 Å². The molecule has 1 aromatic rings. The van der Waals surface area contributed by atoms with Gasteiger partial charge in [-0.05, 0) is 18.6 Å². The normalized spacial score (nSPS) is 15.1. The number of urea groups is 1. The van der Waals surface area contributed by atoms with Crippen LogP contribution >= 0.6 is 0 Å². The Balaban J connectivity index is 1.65. The molecule has 6 heteroatoms. The Kier molecular flexibility index (Phi) is 7.55. The van der Waals surface area contributed by atoms with Gasteiger partial charge >= 0.3 is 6.03 Å². The summed E-state index contributed by atoms with van der Waals surface area (Å²) < 4.78 is 0. The number of hydrogen-bond acceptors (Lipinski definition) is 3. The Morgan fingerprint density at radius 2 is 1.75 bits per heavy atom. The number of amides is 3. The van der Waals surface area contributed by atoms with E-state index in [0.29, 0.717) is 19.6 Å². The van der Waals surface area contributed by atoms with Gasteiger partial charge in [-0.25, -0.2) is 4.79 Å². The standard InChI is InChI=1S/C18H28N4O2/c1-2-3-7-10-19-18(24)22-13-11-21(12-14-22)15-17(23)20-16-8-5-4-6-9-16/h4-6,8-9H,2-3,7,10-15H2,1H3,(H,19,24)(H,20,23). The topological polar surface area (TPSA) is 64.7 Å². The number of nitrogens with one attached hydrogen (secondary N) is 2. The van der Waals surface area contributed by atoms with Crippen molar-refractivity contribution in [3.63, 3.8) is 0 Å². The summed E-state index contributed by atoms with van der Waals surface area (Å²) in [5, 5.41) is 5.85. The molecule has 0 unspecified atom stereocenters. The third-order valence-electron chi connectivity index (χ3n) is 4.14. The van der Waals surface area contributed by atoms with Gasteiger partial charge in [0.05, 0.1) is 6.54 Å². The number of anilines is 1. The van der Waals surface area contributed by atoms with Crippen molar-refractivity contribution in [2.75, 3.05) is 44.6 Å². The van der Waals surface area contributed by atoms with Gasteiger partial charge in [-0.15, -0.1) is 0 Å². The fourth-order valence-electron chi connectivity index (χ4n) is 2.72. The molecule has 6 nitrogen and oxygen atoms in total. The SMILES string of the molecule is CCCCCNC(=O)N1CCN(CC(=O)Nc2ccccc2)CC1. The van der Waals surface area contributed by atoms with E-state index >= 15 is 0 Å². The van der Waals surface area contributed by atoms with E-state index in [1.165, 1.54) is 0 Å². The number of carbonyl (C=O) groups excluding carboxylic acids is 2. The first-order valence-electron chi connectivity index (χ1n) is 8.79. The van der Waals surface area contributed by atoms with Crippen LogP contribution in [0.5, 0.6) is 0 Å². The second-order valence-electron chi connectivity index (χ2n) is 6.12. The highest BCUT2D eigenvalue weighted by atomic mass is 16.2. The van der Waals surface area contributed by atoms with Gasteiger partial charge < -0.3 is 15.5 Å². The number of para-hydroxylation sites is 1. The molecular weight excluding hydrogens is 304 g/mol. The van der Waals surface area contributed by atoms with Gasteiger partial charge in [-0.1, -0.05) is 38.0 Å². The monoisotopic (exact) mass is 332 g/mol. The van der Waals surface area contributed by atoms with Crippen LogP contribution in [0.1, 0.15) is 26.2 Å². The van der Waals surface area contributed by atoms with E-state index in [2.05, 4.69) is 22.5 Å². The number of carbonyl (C=O) groups is 2. The van der Waals surface area contributed by atoms with Gasteiger partial charge in [0.25, 0.3) is 0 Å². The van der Waals surface area contributed by atoms with Crippen LogP contribution in [0.2, 0.25) is 0 Å². The van der Waals surface area contributed by atoms with Crippen LogP contribution in [-0.4, -0.2) is 61.0 Å². The largest absolute Gasteiger partial charge is 0.338 e. The maximum Gasteiger partial charge on any atom is 0.317 e. The van der Waals surface area contributed by atoms with Crippen LogP contribution in [-0.2, 0) is 4.79 Å². The zero-order chi connectivity index (χ0) is 17.2. The maximum atomic E-state index is 12.1. The summed E-state index contributed by atoms with van der Waals surface area (Å²) in [4.78, 5) is 28.0. The summed E-state index contributed by atoms with van der Waals surface area (Å²) in [5.74, 6) is -0.0151. The highest BCUT2D eigenvalue weighted by Crippen LogP contribution is 2.06. The van der Waals surface area contributed by atoms with Crippen LogP contribution < -0.4 is 10.6 Å². The lowest BCUT2D eigenvalue weighted by Crippen LogP contribution is -2.53. The van der Waals surface area contributed by atoms with Crippen molar-refractivity contribution in [3.8, 4) is 0 Å². The minimum Gasteiger partial charge on any atom is -0.338 e. The summed E-state index contributed by atoms with van der Waals surface area (Å²) in [5.41, 5.74) is 0.813. The van der Waals surface area contributed by atoms with Gasteiger partial charge in [-0.3, -0.25) is 9.69 Å². The minimum absolute atomic E-state index is 0.0134. The number of piperazine rings is 1. The quantitative estimate of drug-likeness (QED) is 0.752. The summed E-state index contributed by atoms with van der Waals surface area (Å²) >= 11 is 0. The van der Waals surface area contributed by atoms with E-state index in [1.54, 1.807) is 0 Å². The molecule has 24 heavy (non-hydrogen) atoms. The Hall–Kier alpha value is -2.08. The molecule has 1 aliphatic heterocycles. The molecule has 1 aromatic carbocycles. The van der Waals surface area contributed by atoms with Crippen molar-refractivity contribution in [2.45, 2.75) is 26.2 Å². The summed E-state index contributed by atoms with van der Waals surface area (Å²) in [6.45, 7) is 6.04. The third kappa shape index (κ3) is 6.20. The molecule has 2 N–H and O–H groups in total. The molecule has 1 aliphatic rings. The van der Waals surface area contributed by atoms with E-state index < -0.39 is 0 Å². The summed E-state index contributed by atoms with van der Waals surface area (Å²) in [6, 6.07) is 9.47. The average molecular weight is 332 g/mol. The Labute approximate surface area is 144 Å². The number of rotatable bonds is 7. The van der Waals surface area contributed by atoms with Gasteiger partial charge in [0.1, 0.15) is 0 Å². The van der Waals surface area contributed by atoms with E-state index in [1.807, 2.05) is 35.2 Å². The molecule has 1 fully saturated rings. The fraction of sp³-hybridized carbons (Fsp3) is 0.556. The molecule has 2 rings (SSSR count). The highest BCUT2D eigenvalue weighted by Gasteiger charge is 2.22. The van der Waals surface area contributed by atoms with Crippen molar-refractivity contribution in [2.24, 2.45) is 0 Å². The molecule has 0 bridgehead atoms. The first-order valence-corrected chi connectivity index (χ1v) is 8.79. The first-order chi connectivity index (χ1) is 11.7. The van der Waals surface area contributed by atoms with E-state index in [-0.39, 0.29) is 11.9 Å². The Bertz CT molecular complexity index is 513. The van der Waals surface area contributed by atoms with Crippen molar-refractivity contribution in [1.82, 2.24) is 15.1 Å². The highest BCUT2D eigenvalue weighted by molar-refractivity contribution is 5.92. The lowest BCUT2D eigenvalue weighted by Gasteiger charge is -2.34. The van der Waals surface area contributed by atoms with Gasteiger partial charge in [0, 0.05) is 38.4 Å². The van der Waals surface area contributed by atoms with Crippen molar-refractivity contribution in [3.05, 3.63) is 30.3 Å². The molecule has 0 atom stereocenters. The molecule has 132 valence electrons. The number of nitrogens with zero attached hydrogens (tertiary/aromatic N) is 2. The number of hydrogen-bond donors (Lipinski definition) is 2. The van der Waals surface area contributed by atoms with Crippen LogP contribution in [0.3, 0.4) is 0 Å². The van der Waals surface area contributed by atoms with Crippen LogP contribution in [0.25, 0.3) is 0 Å². The molecule has 1 saturated heterocycles. The minimum atomic E-state index is -0.0151. The zero-order valence-electron chi connectivity index (χ0n) is 14.5. The van der Waals surface area contributed by atoms with E-state index in [4.69, 9.17) is 0 Å². The van der Waals surface area contributed by atoms with Crippen LogP contribution in [0.15, 0.2) is 30.3 Å². The van der Waals surface area contributed by atoms with Crippen molar-refractivity contribution >= 4 is 17.6 Å². The molecule has 0 saturated carbocycles. The molecule has 0 aliphatic carbocycles. The second kappa shape index (κ2) is 9.93. The van der Waals surface area contributed by atoms with Gasteiger partial charge in [0.15, 0.2) is 0 Å². The lowest BCUT2D eigenvalue weighted by atomic mass is 10.2. The number of unbranched alkanes of at least 4 members (excludes halogenated alkanes) is 2. The summed E-state index contributed by atoms with van der Waals surface area (Å²) in [6.07, 6.45) is 3.33. The van der Waals surface area contributed by atoms with E-state index in [9.17, 15) is 9.59 Å². The Morgan fingerprint density at radius 1 is 1.04 bits per heavy atom. The predicted octanol–water partition coefficient (Wildman–Crippen LogP) is 2.14. The van der Waals surface area contributed by atoms with E-state index in [0.717, 1.165) is 44.6 Å². The molecular formula is C18H28N4O2. The third-order valence-corrected chi connectivity index (χ3v) is 4.14. The van der Waals surface area contributed by atoms with Crippen molar-refractivity contribution < 1.29 is 9.59 Å². The van der Waals surface area contributed by atoms with Crippen molar-refractivity contribution in [1.29, 1.82) is 0 Å². The summed E-state index contributed by atoms with van der Waals surface area (Å²) in [7, 11) is 0. The zero-order valence-corrected chi connectivity index (χ0v) is 14.5. The van der Waals surface area contributed by atoms with Crippen LogP contribution in [0.4, 0.5) is 10.5 Å². The second-order valence-corrected chi connectivity index (χ2v) is 6.12. The first kappa shape index (κ1) is 18.3. The van der Waals surface area contributed by atoms with Gasteiger partial charge in [0.2, 0.25) is 5.91 Å². The molecule has 1 heterocycles.